The van der Waals surface area contributed by atoms with E-state index >= 15 is 0 Å². The first-order valence-electron chi connectivity index (χ1n) is 8.38. The Balaban J connectivity index is 2.29. The van der Waals surface area contributed by atoms with Crippen molar-refractivity contribution in [2.24, 2.45) is 0 Å². The van der Waals surface area contributed by atoms with Crippen molar-refractivity contribution >= 4 is 17.5 Å². The van der Waals surface area contributed by atoms with Gasteiger partial charge in [0.25, 0.3) is 11.8 Å². The molecule has 0 saturated carbocycles. The molecule has 1 aromatic heterocycles. The van der Waals surface area contributed by atoms with Crippen LogP contribution in [0.5, 0.6) is 0 Å². The van der Waals surface area contributed by atoms with E-state index in [9.17, 15) is 9.59 Å². The second-order valence-electron chi connectivity index (χ2n) is 7.02. The van der Waals surface area contributed by atoms with E-state index in [0.29, 0.717) is 12.1 Å². The molecule has 0 aliphatic rings. The molecular formula is C20H25N3O2. The van der Waals surface area contributed by atoms with E-state index in [1.54, 1.807) is 17.0 Å². The monoisotopic (exact) mass is 339 g/mol. The molecule has 0 saturated heterocycles. The second kappa shape index (κ2) is 7.47. The number of aryl methyl sites for hydroxylation is 1. The van der Waals surface area contributed by atoms with Gasteiger partial charge in [-0.25, -0.2) is 0 Å². The van der Waals surface area contributed by atoms with Crippen LogP contribution in [0.3, 0.4) is 0 Å². The van der Waals surface area contributed by atoms with Crippen molar-refractivity contribution in [3.8, 4) is 0 Å². The zero-order chi connectivity index (χ0) is 18.6. The summed E-state index contributed by atoms with van der Waals surface area (Å²) in [6.45, 7) is 10.1. The van der Waals surface area contributed by atoms with Gasteiger partial charge in [0.1, 0.15) is 5.69 Å². The summed E-state index contributed by atoms with van der Waals surface area (Å²) in [7, 11) is 0. The highest BCUT2D eigenvalue weighted by atomic mass is 16.2. The molecule has 5 nitrogen and oxygen atoms in total. The molecule has 5 heteroatoms. The van der Waals surface area contributed by atoms with Crippen molar-refractivity contribution in [1.29, 1.82) is 0 Å². The molecule has 0 unspecified atom stereocenters. The Bertz CT molecular complexity index is 779. The zero-order valence-corrected chi connectivity index (χ0v) is 15.5. The molecule has 0 bridgehead atoms. The van der Waals surface area contributed by atoms with Gasteiger partial charge in [-0.3, -0.25) is 14.6 Å². The highest BCUT2D eigenvalue weighted by Gasteiger charge is 2.20. The van der Waals surface area contributed by atoms with Crippen LogP contribution in [-0.4, -0.2) is 28.9 Å². The third kappa shape index (κ3) is 4.89. The van der Waals surface area contributed by atoms with Gasteiger partial charge in [-0.05, 0) is 64.4 Å². The number of nitrogens with zero attached hydrogens (tertiary/aromatic N) is 2. The maximum Gasteiger partial charge on any atom is 0.270 e. The molecular weight excluding hydrogens is 314 g/mol. The van der Waals surface area contributed by atoms with E-state index in [4.69, 9.17) is 0 Å². The predicted octanol–water partition coefficient (Wildman–Crippen LogP) is 3.59. The number of aromatic nitrogens is 1. The van der Waals surface area contributed by atoms with Crippen LogP contribution < -0.4 is 10.2 Å². The number of amides is 2. The van der Waals surface area contributed by atoms with E-state index in [1.165, 1.54) is 6.20 Å². The van der Waals surface area contributed by atoms with Crippen LogP contribution >= 0.6 is 0 Å². The summed E-state index contributed by atoms with van der Waals surface area (Å²) in [4.78, 5) is 31.0. The van der Waals surface area contributed by atoms with Crippen molar-refractivity contribution in [2.75, 3.05) is 11.4 Å². The van der Waals surface area contributed by atoms with E-state index in [0.717, 1.165) is 11.3 Å². The molecule has 0 radical (unpaired) electrons. The lowest BCUT2D eigenvalue weighted by atomic mass is 10.1. The summed E-state index contributed by atoms with van der Waals surface area (Å²) in [5.41, 5.74) is 2.24. The third-order valence-corrected chi connectivity index (χ3v) is 3.60. The van der Waals surface area contributed by atoms with Gasteiger partial charge in [0.05, 0.1) is 0 Å². The number of hydrogen-bond donors (Lipinski definition) is 1. The summed E-state index contributed by atoms with van der Waals surface area (Å²) in [6.07, 6.45) is 1.49. The lowest BCUT2D eigenvalue weighted by molar-refractivity contribution is 0.0914. The Morgan fingerprint density at radius 3 is 2.48 bits per heavy atom. The smallest absolute Gasteiger partial charge is 0.270 e. The molecule has 1 aromatic carbocycles. The molecule has 1 N–H and O–H groups in total. The first kappa shape index (κ1) is 18.6. The standard InChI is InChI=1S/C20H25N3O2/c1-6-23(16-9-7-8-14(2)12-16)19(25)15-10-11-21-17(13-15)18(24)22-20(3,4)5/h7-13H,6H2,1-5H3,(H,22,24). The van der Waals surface area contributed by atoms with Crippen molar-refractivity contribution in [3.05, 3.63) is 59.4 Å². The molecule has 0 atom stereocenters. The maximum atomic E-state index is 12.9. The van der Waals surface area contributed by atoms with Crippen molar-refractivity contribution in [3.63, 3.8) is 0 Å². The van der Waals surface area contributed by atoms with Gasteiger partial charge in [0.15, 0.2) is 0 Å². The average molecular weight is 339 g/mol. The molecule has 1 heterocycles. The van der Waals surface area contributed by atoms with Crippen LogP contribution in [0.2, 0.25) is 0 Å². The summed E-state index contributed by atoms with van der Waals surface area (Å²) in [5.74, 6) is -0.443. The van der Waals surface area contributed by atoms with Crippen LogP contribution in [0.15, 0.2) is 42.6 Å². The molecule has 2 amide bonds. The largest absolute Gasteiger partial charge is 0.346 e. The van der Waals surface area contributed by atoms with Crippen LogP contribution in [0.4, 0.5) is 5.69 Å². The lowest BCUT2D eigenvalue weighted by Gasteiger charge is -2.22. The summed E-state index contributed by atoms with van der Waals surface area (Å²) < 4.78 is 0. The third-order valence-electron chi connectivity index (χ3n) is 3.60. The fourth-order valence-corrected chi connectivity index (χ4v) is 2.49. The van der Waals surface area contributed by atoms with Gasteiger partial charge in [-0.15, -0.1) is 0 Å². The molecule has 2 aromatic rings. The van der Waals surface area contributed by atoms with E-state index in [2.05, 4.69) is 10.3 Å². The minimum absolute atomic E-state index is 0.152. The first-order chi connectivity index (χ1) is 11.7. The Labute approximate surface area is 149 Å². The highest BCUT2D eigenvalue weighted by molar-refractivity contribution is 6.07. The Morgan fingerprint density at radius 1 is 1.16 bits per heavy atom. The van der Waals surface area contributed by atoms with Crippen LogP contribution in [0.1, 0.15) is 54.1 Å². The molecule has 0 spiro atoms. The van der Waals surface area contributed by atoms with Gasteiger partial charge >= 0.3 is 0 Å². The summed E-state index contributed by atoms with van der Waals surface area (Å²) >= 11 is 0. The molecule has 25 heavy (non-hydrogen) atoms. The molecule has 0 aliphatic heterocycles. The normalized spacial score (nSPS) is 11.1. The predicted molar refractivity (Wildman–Crippen MR) is 100.0 cm³/mol. The summed E-state index contributed by atoms with van der Waals surface area (Å²) in [6, 6.07) is 11.0. The van der Waals surface area contributed by atoms with Crippen molar-refractivity contribution in [1.82, 2.24) is 10.3 Å². The minimum atomic E-state index is -0.365. The molecule has 0 aliphatic carbocycles. The Hall–Kier alpha value is -2.69. The zero-order valence-electron chi connectivity index (χ0n) is 15.5. The van der Waals surface area contributed by atoms with Gasteiger partial charge in [-0.1, -0.05) is 12.1 Å². The second-order valence-corrected chi connectivity index (χ2v) is 7.02. The first-order valence-corrected chi connectivity index (χ1v) is 8.38. The molecule has 2 rings (SSSR count). The minimum Gasteiger partial charge on any atom is -0.346 e. The number of rotatable bonds is 4. The van der Waals surface area contributed by atoms with Gasteiger partial charge in [0.2, 0.25) is 0 Å². The Morgan fingerprint density at radius 2 is 1.88 bits per heavy atom. The van der Waals surface area contributed by atoms with E-state index < -0.39 is 0 Å². The quantitative estimate of drug-likeness (QED) is 0.926. The maximum absolute atomic E-state index is 12.9. The van der Waals surface area contributed by atoms with E-state index in [-0.39, 0.29) is 23.0 Å². The molecule has 0 fully saturated rings. The van der Waals surface area contributed by atoms with Crippen molar-refractivity contribution in [2.45, 2.75) is 40.2 Å². The number of anilines is 1. The lowest BCUT2D eigenvalue weighted by Crippen LogP contribution is -2.41. The number of carbonyl (C=O) groups excluding carboxylic acids is 2. The average Bonchev–Trinajstić information content (AvgIpc) is 2.54. The van der Waals surface area contributed by atoms with Gasteiger partial charge in [-0.2, -0.15) is 0 Å². The van der Waals surface area contributed by atoms with Crippen LogP contribution in [0.25, 0.3) is 0 Å². The number of nitrogens with one attached hydrogen (secondary N) is 1. The fourth-order valence-electron chi connectivity index (χ4n) is 2.49. The number of hydrogen-bond acceptors (Lipinski definition) is 3. The van der Waals surface area contributed by atoms with Crippen molar-refractivity contribution < 1.29 is 9.59 Å². The summed E-state index contributed by atoms with van der Waals surface area (Å²) in [5, 5.41) is 2.86. The topological polar surface area (TPSA) is 62.3 Å². The number of carbonyl (C=O) groups is 2. The number of benzene rings is 1. The van der Waals surface area contributed by atoms with Crippen LogP contribution in [-0.2, 0) is 0 Å². The van der Waals surface area contributed by atoms with Gasteiger partial charge in [0, 0.05) is 29.5 Å². The SMILES string of the molecule is CCN(C(=O)c1ccnc(C(=O)NC(C)(C)C)c1)c1cccc(C)c1. The Kier molecular flexibility index (Phi) is 5.57. The molecule has 132 valence electrons. The fraction of sp³-hybridized carbons (Fsp3) is 0.350. The van der Waals surface area contributed by atoms with E-state index in [1.807, 2.05) is 58.9 Å². The number of pyridine rings is 1. The highest BCUT2D eigenvalue weighted by Crippen LogP contribution is 2.19. The van der Waals surface area contributed by atoms with Crippen LogP contribution in [0, 0.1) is 6.92 Å². The van der Waals surface area contributed by atoms with Gasteiger partial charge < -0.3 is 10.2 Å².